The Morgan fingerprint density at radius 2 is 1.66 bits per heavy atom. The molecule has 32 heavy (non-hydrogen) atoms. The summed E-state index contributed by atoms with van der Waals surface area (Å²) < 4.78 is 17.4. The summed E-state index contributed by atoms with van der Waals surface area (Å²) in [6.45, 7) is 4.87. The summed E-state index contributed by atoms with van der Waals surface area (Å²) in [4.78, 5) is 13.9. The summed E-state index contributed by atoms with van der Waals surface area (Å²) in [6, 6.07) is 17.6. The SMILES string of the molecule is CCCC(=O)OC1CC2CCC(C1)N2C.Cc1ccccc1CCN.Fc1ccccc1. The van der Waals surface area contributed by atoms with Crippen LogP contribution in [0, 0.1) is 12.7 Å². The molecule has 2 atom stereocenters. The quantitative estimate of drug-likeness (QED) is 0.641. The number of halogens is 1. The van der Waals surface area contributed by atoms with E-state index in [0.29, 0.717) is 18.5 Å². The van der Waals surface area contributed by atoms with Crippen molar-refractivity contribution in [3.05, 3.63) is 71.5 Å². The van der Waals surface area contributed by atoms with Gasteiger partial charge in [-0.3, -0.25) is 4.79 Å². The van der Waals surface area contributed by atoms with Crippen molar-refractivity contribution < 1.29 is 13.9 Å². The molecule has 2 heterocycles. The minimum atomic E-state index is -0.178. The van der Waals surface area contributed by atoms with E-state index in [1.54, 1.807) is 18.2 Å². The summed E-state index contributed by atoms with van der Waals surface area (Å²) in [6.07, 6.45) is 7.29. The molecule has 4 rings (SSSR count). The number of nitrogens with zero attached hydrogens (tertiary/aromatic N) is 1. The van der Waals surface area contributed by atoms with Crippen molar-refractivity contribution in [1.29, 1.82) is 0 Å². The number of nitrogens with two attached hydrogens (primary N) is 1. The van der Waals surface area contributed by atoms with E-state index in [1.807, 2.05) is 6.92 Å². The van der Waals surface area contributed by atoms with Gasteiger partial charge in [0.2, 0.25) is 0 Å². The summed E-state index contributed by atoms with van der Waals surface area (Å²) in [5.74, 6) is -0.186. The Morgan fingerprint density at radius 3 is 2.16 bits per heavy atom. The molecule has 2 aromatic carbocycles. The molecule has 2 aromatic rings. The molecule has 0 aliphatic carbocycles. The molecule has 2 aliphatic rings. The van der Waals surface area contributed by atoms with Gasteiger partial charge >= 0.3 is 5.97 Å². The Balaban J connectivity index is 0.000000184. The molecule has 2 saturated heterocycles. The molecule has 2 aliphatic heterocycles. The summed E-state index contributed by atoms with van der Waals surface area (Å²) >= 11 is 0. The van der Waals surface area contributed by atoms with Crippen LogP contribution >= 0.6 is 0 Å². The Morgan fingerprint density at radius 1 is 1.06 bits per heavy atom. The lowest BCUT2D eigenvalue weighted by Crippen LogP contribution is -2.43. The first-order valence-corrected chi connectivity index (χ1v) is 11.8. The van der Waals surface area contributed by atoms with Gasteiger partial charge in [-0.1, -0.05) is 49.4 Å². The zero-order valence-electron chi connectivity index (χ0n) is 19.8. The van der Waals surface area contributed by atoms with Crippen LogP contribution in [0.15, 0.2) is 54.6 Å². The minimum Gasteiger partial charge on any atom is -0.462 e. The van der Waals surface area contributed by atoms with Gasteiger partial charge in [0, 0.05) is 18.5 Å². The molecular weight excluding hydrogens is 403 g/mol. The Bertz CT molecular complexity index is 785. The van der Waals surface area contributed by atoms with Gasteiger partial charge in [0.1, 0.15) is 11.9 Å². The monoisotopic (exact) mass is 442 g/mol. The Hall–Kier alpha value is -2.24. The Kier molecular flexibility index (Phi) is 11.4. The van der Waals surface area contributed by atoms with E-state index in [-0.39, 0.29) is 17.9 Å². The molecule has 0 spiro atoms. The van der Waals surface area contributed by atoms with E-state index in [9.17, 15) is 9.18 Å². The van der Waals surface area contributed by atoms with Gasteiger partial charge in [0.15, 0.2) is 0 Å². The molecule has 2 unspecified atom stereocenters. The molecule has 176 valence electrons. The van der Waals surface area contributed by atoms with E-state index >= 15 is 0 Å². The number of piperidine rings is 1. The number of rotatable bonds is 5. The predicted molar refractivity (Wildman–Crippen MR) is 129 cm³/mol. The van der Waals surface area contributed by atoms with E-state index in [4.69, 9.17) is 10.5 Å². The van der Waals surface area contributed by atoms with Crippen LogP contribution in [0.3, 0.4) is 0 Å². The molecule has 0 aromatic heterocycles. The topological polar surface area (TPSA) is 55.6 Å². The summed E-state index contributed by atoms with van der Waals surface area (Å²) in [5, 5.41) is 0. The maximum atomic E-state index is 11.9. The van der Waals surface area contributed by atoms with Gasteiger partial charge in [-0.2, -0.15) is 0 Å². The van der Waals surface area contributed by atoms with Crippen molar-refractivity contribution in [3.63, 3.8) is 0 Å². The van der Waals surface area contributed by atoms with Crippen LogP contribution in [-0.4, -0.2) is 42.6 Å². The smallest absolute Gasteiger partial charge is 0.306 e. The van der Waals surface area contributed by atoms with Gasteiger partial charge in [0.25, 0.3) is 0 Å². The summed E-state index contributed by atoms with van der Waals surface area (Å²) in [7, 11) is 2.20. The predicted octanol–water partition coefficient (Wildman–Crippen LogP) is 5.28. The standard InChI is InChI=1S/C12H21NO2.C9H13N.C6H5F/c1-3-4-12(14)15-11-7-9-5-6-10(8-11)13(9)2;1-8-4-2-3-5-9(8)6-7-10;7-6-4-2-1-3-5-6/h9-11H,3-8H2,1-2H3;2-5H,6-7,10H2,1H3;1-5H. The fraction of sp³-hybridized carbons (Fsp3) is 0.519. The first-order valence-electron chi connectivity index (χ1n) is 11.8. The highest BCUT2D eigenvalue weighted by atomic mass is 19.1. The van der Waals surface area contributed by atoms with Crippen molar-refractivity contribution >= 4 is 5.97 Å². The first-order chi connectivity index (χ1) is 15.4. The van der Waals surface area contributed by atoms with Crippen LogP contribution in [-0.2, 0) is 16.0 Å². The van der Waals surface area contributed by atoms with Gasteiger partial charge < -0.3 is 15.4 Å². The second-order valence-corrected chi connectivity index (χ2v) is 8.64. The number of aryl methyl sites for hydroxylation is 1. The zero-order chi connectivity index (χ0) is 23.3. The van der Waals surface area contributed by atoms with Crippen LogP contribution in [0.4, 0.5) is 4.39 Å². The van der Waals surface area contributed by atoms with E-state index < -0.39 is 0 Å². The number of benzene rings is 2. The number of carbonyl (C=O) groups excluding carboxylic acids is 1. The molecule has 2 bridgehead atoms. The number of hydrogen-bond donors (Lipinski definition) is 1. The fourth-order valence-corrected chi connectivity index (χ4v) is 4.37. The van der Waals surface area contributed by atoms with Crippen molar-refractivity contribution in [2.24, 2.45) is 5.73 Å². The third-order valence-electron chi connectivity index (χ3n) is 6.22. The van der Waals surface area contributed by atoms with Crippen LogP contribution in [0.1, 0.15) is 56.6 Å². The number of fused-ring (bicyclic) bond motifs is 2. The molecular formula is C27H39FN2O2. The lowest BCUT2D eigenvalue weighted by molar-refractivity contribution is -0.152. The van der Waals surface area contributed by atoms with Gasteiger partial charge in [-0.05, 0) is 82.3 Å². The van der Waals surface area contributed by atoms with Crippen LogP contribution in [0.2, 0.25) is 0 Å². The zero-order valence-corrected chi connectivity index (χ0v) is 19.8. The van der Waals surface area contributed by atoms with Gasteiger partial charge in [-0.25, -0.2) is 4.39 Å². The fourth-order valence-electron chi connectivity index (χ4n) is 4.37. The average molecular weight is 443 g/mol. The second-order valence-electron chi connectivity index (χ2n) is 8.64. The van der Waals surface area contributed by atoms with Crippen LogP contribution in [0.5, 0.6) is 0 Å². The maximum Gasteiger partial charge on any atom is 0.306 e. The molecule has 5 heteroatoms. The average Bonchev–Trinajstić information content (AvgIpc) is 2.98. The highest BCUT2D eigenvalue weighted by Crippen LogP contribution is 2.35. The number of esters is 1. The lowest BCUT2D eigenvalue weighted by Gasteiger charge is -2.35. The maximum absolute atomic E-state index is 11.9. The van der Waals surface area contributed by atoms with Crippen molar-refractivity contribution in [2.75, 3.05) is 13.6 Å². The van der Waals surface area contributed by atoms with E-state index in [0.717, 1.165) is 32.2 Å². The molecule has 4 nitrogen and oxygen atoms in total. The molecule has 2 fully saturated rings. The highest BCUT2D eigenvalue weighted by Gasteiger charge is 2.39. The number of ether oxygens (including phenoxy) is 1. The second kappa shape index (κ2) is 14.0. The molecule has 0 amide bonds. The van der Waals surface area contributed by atoms with E-state index in [2.05, 4.69) is 43.1 Å². The molecule has 0 radical (unpaired) electrons. The van der Waals surface area contributed by atoms with E-state index in [1.165, 1.54) is 36.1 Å². The number of hydrogen-bond acceptors (Lipinski definition) is 4. The number of carbonyl (C=O) groups is 1. The molecule has 0 saturated carbocycles. The molecule has 2 N–H and O–H groups in total. The Labute approximate surface area is 193 Å². The van der Waals surface area contributed by atoms with Crippen LogP contribution in [0.25, 0.3) is 0 Å². The van der Waals surface area contributed by atoms with Gasteiger partial charge in [-0.15, -0.1) is 0 Å². The van der Waals surface area contributed by atoms with Crippen molar-refractivity contribution in [1.82, 2.24) is 4.90 Å². The highest BCUT2D eigenvalue weighted by molar-refractivity contribution is 5.69. The van der Waals surface area contributed by atoms with Crippen molar-refractivity contribution in [2.45, 2.75) is 77.0 Å². The normalized spacial score (nSPS) is 21.6. The van der Waals surface area contributed by atoms with Gasteiger partial charge in [0.05, 0.1) is 0 Å². The lowest BCUT2D eigenvalue weighted by atomic mass is 10.0. The minimum absolute atomic E-state index is 0.00791. The summed E-state index contributed by atoms with van der Waals surface area (Å²) in [5.41, 5.74) is 8.14. The largest absolute Gasteiger partial charge is 0.462 e. The van der Waals surface area contributed by atoms with Crippen molar-refractivity contribution in [3.8, 4) is 0 Å². The third-order valence-corrected chi connectivity index (χ3v) is 6.22. The first kappa shape index (κ1) is 26.0. The van der Waals surface area contributed by atoms with Crippen LogP contribution < -0.4 is 5.73 Å². The third kappa shape index (κ3) is 8.71.